The summed E-state index contributed by atoms with van der Waals surface area (Å²) in [5, 5.41) is 12.5. The average Bonchev–Trinajstić information content (AvgIpc) is 3.17. The molecule has 1 aromatic heterocycles. The van der Waals surface area contributed by atoms with E-state index >= 15 is 0 Å². The van der Waals surface area contributed by atoms with Crippen LogP contribution < -0.4 is 10.7 Å². The molecule has 2 N–H and O–H groups in total. The smallest absolute Gasteiger partial charge is 0.274 e. The predicted octanol–water partition coefficient (Wildman–Crippen LogP) is 0.927. The van der Waals surface area contributed by atoms with Crippen LogP contribution in [0.2, 0.25) is 0 Å². The maximum absolute atomic E-state index is 13.8. The second-order valence-electron chi connectivity index (χ2n) is 7.10. The maximum Gasteiger partial charge on any atom is 0.274 e. The lowest BCUT2D eigenvalue weighted by Gasteiger charge is -2.36. The average molecular weight is 423 g/mol. The number of fused-ring (bicyclic) bond motifs is 3. The predicted molar refractivity (Wildman–Crippen MR) is 95.6 cm³/mol. The van der Waals surface area contributed by atoms with Gasteiger partial charge in [0.25, 0.3) is 11.8 Å². The fraction of sp³-hybridized carbons (Fsp3) is 0.316. The highest BCUT2D eigenvalue weighted by atomic mass is 19.1. The van der Waals surface area contributed by atoms with E-state index in [4.69, 9.17) is 4.74 Å². The fourth-order valence-corrected chi connectivity index (χ4v) is 3.74. The second kappa shape index (κ2) is 7.17. The van der Waals surface area contributed by atoms with E-state index in [1.165, 1.54) is 16.5 Å². The van der Waals surface area contributed by atoms with Crippen LogP contribution in [0.15, 0.2) is 23.1 Å². The monoisotopic (exact) mass is 423 g/mol. The normalized spacial score (nSPS) is 20.1. The summed E-state index contributed by atoms with van der Waals surface area (Å²) in [6.07, 6.45) is 1.13. The highest BCUT2D eigenvalue weighted by molar-refractivity contribution is 5.99. The Bertz CT molecular complexity index is 1110. The highest BCUT2D eigenvalue weighted by Crippen LogP contribution is 2.33. The Morgan fingerprint density at radius 2 is 1.83 bits per heavy atom. The van der Waals surface area contributed by atoms with E-state index in [0.29, 0.717) is 12.1 Å². The van der Waals surface area contributed by atoms with Crippen molar-refractivity contribution in [3.63, 3.8) is 0 Å². The van der Waals surface area contributed by atoms with Gasteiger partial charge in [0.15, 0.2) is 11.4 Å². The molecule has 2 aromatic rings. The third-order valence-corrected chi connectivity index (χ3v) is 5.39. The van der Waals surface area contributed by atoms with Crippen LogP contribution in [-0.2, 0) is 11.3 Å². The molecule has 0 spiro atoms. The standard InChI is InChI=1S/C19H16F3N3O5/c1-24-13-6-30-7-14(13)25-5-10(16(26)17(27)15(25)19(24)29)18(28)23-4-9-11(21)2-8(20)3-12(9)22/h2-3,5,13-14,27H,4,6-7H2,1H3,(H,23,28)/t13-,14-/m1/s1. The third kappa shape index (κ3) is 3.02. The van der Waals surface area contributed by atoms with Gasteiger partial charge in [0.05, 0.1) is 25.3 Å². The van der Waals surface area contributed by atoms with Gasteiger partial charge in [0, 0.05) is 37.5 Å². The van der Waals surface area contributed by atoms with Crippen molar-refractivity contribution < 1.29 is 32.6 Å². The largest absolute Gasteiger partial charge is 0.503 e. The van der Waals surface area contributed by atoms with Crippen molar-refractivity contribution in [1.29, 1.82) is 0 Å². The first-order valence-corrected chi connectivity index (χ1v) is 8.95. The van der Waals surface area contributed by atoms with Gasteiger partial charge in [-0.2, -0.15) is 0 Å². The number of hydrogen-bond donors (Lipinski definition) is 2. The molecule has 2 aliphatic heterocycles. The van der Waals surface area contributed by atoms with Crippen molar-refractivity contribution in [2.24, 2.45) is 0 Å². The van der Waals surface area contributed by atoms with Crippen LogP contribution in [0.3, 0.4) is 0 Å². The summed E-state index contributed by atoms with van der Waals surface area (Å²) in [6.45, 7) is -0.204. The summed E-state index contributed by atoms with van der Waals surface area (Å²) in [7, 11) is 1.52. The minimum atomic E-state index is -1.20. The Morgan fingerprint density at radius 1 is 1.20 bits per heavy atom. The van der Waals surface area contributed by atoms with E-state index in [1.54, 1.807) is 0 Å². The lowest BCUT2D eigenvalue weighted by molar-refractivity contribution is 0.0622. The summed E-state index contributed by atoms with van der Waals surface area (Å²) in [4.78, 5) is 38.9. The van der Waals surface area contributed by atoms with E-state index in [-0.39, 0.29) is 24.9 Å². The third-order valence-electron chi connectivity index (χ3n) is 5.39. The van der Waals surface area contributed by atoms with Crippen LogP contribution in [0.25, 0.3) is 0 Å². The number of benzene rings is 1. The summed E-state index contributed by atoms with van der Waals surface area (Å²) in [5.74, 6) is -6.02. The number of ether oxygens (including phenoxy) is 1. The van der Waals surface area contributed by atoms with Crippen molar-refractivity contribution >= 4 is 11.8 Å². The zero-order valence-electron chi connectivity index (χ0n) is 15.6. The summed E-state index contributed by atoms with van der Waals surface area (Å²) < 4.78 is 47.3. The van der Waals surface area contributed by atoms with Crippen LogP contribution in [0.4, 0.5) is 13.2 Å². The maximum atomic E-state index is 13.8. The molecule has 0 unspecified atom stereocenters. The van der Waals surface area contributed by atoms with Gasteiger partial charge in [-0.1, -0.05) is 0 Å². The number of pyridine rings is 1. The van der Waals surface area contributed by atoms with Crippen LogP contribution in [0, 0.1) is 17.5 Å². The lowest BCUT2D eigenvalue weighted by atomic mass is 10.0. The van der Waals surface area contributed by atoms with Gasteiger partial charge in [-0.15, -0.1) is 0 Å². The van der Waals surface area contributed by atoms with Crippen LogP contribution in [-0.4, -0.2) is 52.7 Å². The number of halogens is 3. The SMILES string of the molecule is CN1C(=O)c2c(O)c(=O)c(C(=O)NCc3c(F)cc(F)cc3F)cn2[C@@H]2COC[C@H]21. The number of amides is 2. The molecule has 30 heavy (non-hydrogen) atoms. The number of nitrogens with zero attached hydrogens (tertiary/aromatic N) is 2. The first-order valence-electron chi connectivity index (χ1n) is 8.95. The van der Waals surface area contributed by atoms with Crippen molar-refractivity contribution in [1.82, 2.24) is 14.8 Å². The number of rotatable bonds is 3. The fourth-order valence-electron chi connectivity index (χ4n) is 3.74. The van der Waals surface area contributed by atoms with Gasteiger partial charge in [0.2, 0.25) is 5.43 Å². The summed E-state index contributed by atoms with van der Waals surface area (Å²) in [5.41, 5.74) is -2.46. The molecule has 0 radical (unpaired) electrons. The number of carbonyl (C=O) groups excluding carboxylic acids is 2. The van der Waals surface area contributed by atoms with Gasteiger partial charge in [-0.3, -0.25) is 14.4 Å². The van der Waals surface area contributed by atoms with E-state index in [9.17, 15) is 32.7 Å². The van der Waals surface area contributed by atoms with Gasteiger partial charge in [-0.25, -0.2) is 13.2 Å². The number of hydrogen-bond acceptors (Lipinski definition) is 5. The molecule has 0 aliphatic carbocycles. The number of aromatic nitrogens is 1. The molecule has 1 aromatic carbocycles. The molecule has 1 fully saturated rings. The topological polar surface area (TPSA) is 101 Å². The molecule has 0 saturated carbocycles. The van der Waals surface area contributed by atoms with E-state index < -0.39 is 64.2 Å². The van der Waals surface area contributed by atoms with Gasteiger partial charge in [0.1, 0.15) is 23.0 Å². The van der Waals surface area contributed by atoms with E-state index in [2.05, 4.69) is 5.32 Å². The first-order chi connectivity index (χ1) is 14.2. The zero-order valence-corrected chi connectivity index (χ0v) is 15.6. The molecular formula is C19H16F3N3O5. The Hall–Kier alpha value is -3.34. The number of carbonyl (C=O) groups is 2. The second-order valence-corrected chi connectivity index (χ2v) is 7.10. The molecule has 2 aliphatic rings. The summed E-state index contributed by atoms with van der Waals surface area (Å²) in [6, 6.07) is 0.164. The van der Waals surface area contributed by atoms with Crippen molar-refractivity contribution in [2.75, 3.05) is 20.3 Å². The first kappa shape index (κ1) is 20.0. The van der Waals surface area contributed by atoms with Crippen LogP contribution in [0.1, 0.15) is 32.5 Å². The van der Waals surface area contributed by atoms with E-state index in [1.807, 2.05) is 0 Å². The molecular weight excluding hydrogens is 407 g/mol. The van der Waals surface area contributed by atoms with E-state index in [0.717, 1.165) is 6.20 Å². The van der Waals surface area contributed by atoms with Gasteiger partial charge in [-0.05, 0) is 0 Å². The van der Waals surface area contributed by atoms with Crippen molar-refractivity contribution in [2.45, 2.75) is 18.6 Å². The van der Waals surface area contributed by atoms with Gasteiger partial charge < -0.3 is 24.6 Å². The quantitative estimate of drug-likeness (QED) is 0.765. The molecule has 1 saturated heterocycles. The Morgan fingerprint density at radius 3 is 2.50 bits per heavy atom. The van der Waals surface area contributed by atoms with Crippen LogP contribution in [0.5, 0.6) is 5.75 Å². The molecule has 2 atom stereocenters. The molecule has 8 nitrogen and oxygen atoms in total. The minimum absolute atomic E-state index is 0.199. The Labute approximate surface area is 167 Å². The molecule has 3 heterocycles. The van der Waals surface area contributed by atoms with Crippen LogP contribution >= 0.6 is 0 Å². The number of aromatic hydroxyl groups is 1. The van der Waals surface area contributed by atoms with Crippen molar-refractivity contribution in [3.8, 4) is 5.75 Å². The van der Waals surface area contributed by atoms with Crippen molar-refractivity contribution in [3.05, 3.63) is 62.8 Å². The Balaban J connectivity index is 1.68. The molecule has 158 valence electrons. The minimum Gasteiger partial charge on any atom is -0.503 e. The van der Waals surface area contributed by atoms with Gasteiger partial charge >= 0.3 is 0 Å². The zero-order chi connectivity index (χ0) is 21.7. The lowest BCUT2D eigenvalue weighted by Crippen LogP contribution is -2.49. The molecule has 2 amide bonds. The summed E-state index contributed by atoms with van der Waals surface area (Å²) >= 11 is 0. The molecule has 11 heteroatoms. The number of likely N-dealkylation sites (N-methyl/N-ethyl adjacent to an activating group) is 1. The number of nitrogens with one attached hydrogen (secondary N) is 1. The molecule has 0 bridgehead atoms. The highest BCUT2D eigenvalue weighted by Gasteiger charge is 2.43. The molecule has 4 rings (SSSR count). The Kier molecular flexibility index (Phi) is 4.77.